The van der Waals surface area contributed by atoms with E-state index in [0.29, 0.717) is 37.2 Å². The lowest BCUT2D eigenvalue weighted by Crippen LogP contribution is -2.53. The molecule has 2 fully saturated rings. The van der Waals surface area contributed by atoms with Crippen molar-refractivity contribution in [2.45, 2.75) is 96.4 Å². The number of rotatable bonds is 12. The van der Waals surface area contributed by atoms with Crippen molar-refractivity contribution in [1.82, 2.24) is 15.5 Å². The van der Waals surface area contributed by atoms with Gasteiger partial charge in [0.15, 0.2) is 0 Å². The number of amides is 4. The number of urea groups is 1. The van der Waals surface area contributed by atoms with E-state index in [2.05, 4.69) is 16.0 Å². The summed E-state index contributed by atoms with van der Waals surface area (Å²) in [5.41, 5.74) is 2.81. The molecule has 1 aliphatic heterocycles. The lowest BCUT2D eigenvalue weighted by Gasteiger charge is -2.32. The van der Waals surface area contributed by atoms with E-state index in [-0.39, 0.29) is 36.5 Å². The van der Waals surface area contributed by atoms with Crippen molar-refractivity contribution in [3.05, 3.63) is 59.7 Å². The molecule has 0 spiro atoms. The third-order valence-corrected chi connectivity index (χ3v) is 8.11. The lowest BCUT2D eigenvalue weighted by atomic mass is 9.96. The van der Waals surface area contributed by atoms with E-state index in [1.54, 1.807) is 21.9 Å². The zero-order valence-electron chi connectivity index (χ0n) is 25.3. The van der Waals surface area contributed by atoms with Gasteiger partial charge in [0.05, 0.1) is 18.7 Å². The summed E-state index contributed by atoms with van der Waals surface area (Å²) in [6.45, 7) is 7.09. The fourth-order valence-electron chi connectivity index (χ4n) is 5.86. The summed E-state index contributed by atoms with van der Waals surface area (Å²) >= 11 is 0. The quantitative estimate of drug-likeness (QED) is 0.292. The van der Waals surface area contributed by atoms with Crippen LogP contribution in [0.25, 0.3) is 0 Å². The number of aliphatic hydroxyl groups excluding tert-OH is 1. The molecule has 2 atom stereocenters. The van der Waals surface area contributed by atoms with Crippen LogP contribution in [0.4, 0.5) is 16.2 Å². The van der Waals surface area contributed by atoms with Crippen LogP contribution >= 0.6 is 0 Å². The van der Waals surface area contributed by atoms with Crippen LogP contribution in [0.3, 0.4) is 0 Å². The Balaban J connectivity index is 1.53. The van der Waals surface area contributed by atoms with Gasteiger partial charge >= 0.3 is 6.03 Å². The normalized spacial score (nSPS) is 17.2. The molecule has 2 aromatic carbocycles. The van der Waals surface area contributed by atoms with Crippen LogP contribution in [0.1, 0.15) is 81.6 Å². The van der Waals surface area contributed by atoms with Crippen LogP contribution in [-0.4, -0.2) is 71.7 Å². The third-order valence-electron chi connectivity index (χ3n) is 8.11. The number of nitrogens with one attached hydrogen (secondary N) is 3. The summed E-state index contributed by atoms with van der Waals surface area (Å²) < 4.78 is 0. The van der Waals surface area contributed by atoms with Gasteiger partial charge in [0, 0.05) is 48.5 Å². The Hall–Kier alpha value is -3.59. The second kappa shape index (κ2) is 15.0. The van der Waals surface area contributed by atoms with Crippen LogP contribution < -0.4 is 20.9 Å². The number of hydrogen-bond donors (Lipinski definition) is 4. The predicted molar refractivity (Wildman–Crippen MR) is 167 cm³/mol. The van der Waals surface area contributed by atoms with Crippen molar-refractivity contribution in [3.63, 3.8) is 0 Å². The number of likely N-dealkylation sites (N-methyl/N-ethyl adjacent to an activating group) is 1. The van der Waals surface area contributed by atoms with Gasteiger partial charge in [-0.2, -0.15) is 0 Å². The molecule has 1 aliphatic carbocycles. The van der Waals surface area contributed by atoms with Crippen LogP contribution in [0, 0.1) is 0 Å². The predicted octanol–water partition coefficient (Wildman–Crippen LogP) is 4.70. The number of aliphatic hydroxyl groups is 1. The van der Waals surface area contributed by atoms with Crippen LogP contribution in [0.2, 0.25) is 0 Å². The molecule has 228 valence electrons. The Morgan fingerprint density at radius 2 is 1.79 bits per heavy atom. The molecular weight excluding hydrogens is 530 g/mol. The van der Waals surface area contributed by atoms with E-state index < -0.39 is 12.1 Å². The average Bonchev–Trinajstić information content (AvgIpc) is 3.41. The van der Waals surface area contributed by atoms with Gasteiger partial charge in [0.1, 0.15) is 0 Å². The molecule has 2 aliphatic rings. The van der Waals surface area contributed by atoms with Gasteiger partial charge in [0.25, 0.3) is 5.91 Å². The zero-order chi connectivity index (χ0) is 30.1. The Kier molecular flexibility index (Phi) is 11.2. The summed E-state index contributed by atoms with van der Waals surface area (Å²) in [6, 6.07) is 14.6. The highest BCUT2D eigenvalue weighted by Crippen LogP contribution is 2.27. The molecule has 0 radical (unpaired) electrons. The number of hydrogen-bond acceptors (Lipinski definition) is 5. The molecule has 9 heteroatoms. The highest BCUT2D eigenvalue weighted by Gasteiger charge is 2.28. The summed E-state index contributed by atoms with van der Waals surface area (Å²) in [4.78, 5) is 42.7. The molecule has 42 heavy (non-hydrogen) atoms. The number of anilines is 2. The fourth-order valence-corrected chi connectivity index (χ4v) is 5.86. The first kappa shape index (κ1) is 31.3. The minimum Gasteiger partial charge on any atom is -0.389 e. The average molecular weight is 578 g/mol. The van der Waals surface area contributed by atoms with Gasteiger partial charge in [-0.1, -0.05) is 49.6 Å². The second-order valence-corrected chi connectivity index (χ2v) is 11.9. The van der Waals surface area contributed by atoms with E-state index in [1.807, 2.05) is 57.2 Å². The van der Waals surface area contributed by atoms with Crippen molar-refractivity contribution < 1.29 is 19.5 Å². The zero-order valence-corrected chi connectivity index (χ0v) is 25.3. The number of carbonyl (C=O) groups excluding carboxylic acids is 3. The molecule has 1 saturated heterocycles. The molecule has 0 aromatic heterocycles. The molecule has 0 bridgehead atoms. The summed E-state index contributed by atoms with van der Waals surface area (Å²) in [5, 5.41) is 21.0. The Morgan fingerprint density at radius 1 is 1.05 bits per heavy atom. The number of carbonyl (C=O) groups is 3. The molecule has 1 saturated carbocycles. The summed E-state index contributed by atoms with van der Waals surface area (Å²) in [6.07, 6.45) is 6.09. The van der Waals surface area contributed by atoms with Crippen molar-refractivity contribution in [2.75, 3.05) is 29.9 Å². The number of nitrogens with zero attached hydrogens (tertiary/aromatic N) is 2. The van der Waals surface area contributed by atoms with E-state index in [1.165, 1.54) is 6.42 Å². The minimum absolute atomic E-state index is 0.0478. The van der Waals surface area contributed by atoms with E-state index in [0.717, 1.165) is 43.4 Å². The highest BCUT2D eigenvalue weighted by molar-refractivity contribution is 6.00. The van der Waals surface area contributed by atoms with Crippen molar-refractivity contribution >= 4 is 29.2 Å². The second-order valence-electron chi connectivity index (χ2n) is 11.9. The van der Waals surface area contributed by atoms with Gasteiger partial charge < -0.3 is 30.9 Å². The molecule has 2 aromatic rings. The van der Waals surface area contributed by atoms with Gasteiger partial charge in [-0.3, -0.25) is 9.59 Å². The van der Waals surface area contributed by atoms with Crippen LogP contribution in [0.15, 0.2) is 48.5 Å². The van der Waals surface area contributed by atoms with Crippen LogP contribution in [0.5, 0.6) is 0 Å². The monoisotopic (exact) mass is 577 g/mol. The van der Waals surface area contributed by atoms with E-state index in [9.17, 15) is 19.5 Å². The minimum atomic E-state index is -0.997. The molecular formula is C33H47N5O4. The van der Waals surface area contributed by atoms with Crippen molar-refractivity contribution in [3.8, 4) is 0 Å². The number of benzene rings is 2. The van der Waals surface area contributed by atoms with E-state index >= 15 is 0 Å². The maximum atomic E-state index is 13.7. The van der Waals surface area contributed by atoms with Gasteiger partial charge in [-0.15, -0.1) is 0 Å². The Labute approximate surface area is 250 Å². The topological polar surface area (TPSA) is 114 Å². The van der Waals surface area contributed by atoms with Crippen molar-refractivity contribution in [1.29, 1.82) is 0 Å². The Morgan fingerprint density at radius 3 is 2.43 bits per heavy atom. The standard InChI is InChI=1S/C33H47N5O4/c1-4-37(33(42)35-26-14-9-6-10-15-26)22-30(39)29(18-24-12-7-5-8-13-24)36-32(41)25-19-27(34-23(2)3)21-28(20-25)38-17-11-16-31(38)40/h5,7-8,12-13,19-21,23,26,29-30,34,39H,4,6,9-11,14-18,22H2,1-3H3,(H,35,42)(H,36,41)/t29-,30-/m0/s1. The highest BCUT2D eigenvalue weighted by atomic mass is 16.3. The van der Waals surface area contributed by atoms with Crippen molar-refractivity contribution in [2.24, 2.45) is 0 Å². The fraction of sp³-hybridized carbons (Fsp3) is 0.545. The lowest BCUT2D eigenvalue weighted by molar-refractivity contribution is -0.117. The molecule has 9 nitrogen and oxygen atoms in total. The maximum Gasteiger partial charge on any atom is 0.317 e. The third kappa shape index (κ3) is 8.71. The molecule has 4 rings (SSSR count). The first-order valence-electron chi connectivity index (χ1n) is 15.5. The maximum absolute atomic E-state index is 13.7. The molecule has 4 N–H and O–H groups in total. The van der Waals surface area contributed by atoms with Gasteiger partial charge in [-0.25, -0.2) is 4.79 Å². The smallest absolute Gasteiger partial charge is 0.317 e. The van der Waals surface area contributed by atoms with Crippen LogP contribution in [-0.2, 0) is 11.2 Å². The SMILES string of the molecule is CCN(C[C@H](O)[C@H](Cc1ccccc1)NC(=O)c1cc(NC(C)C)cc(N2CCCC2=O)c1)C(=O)NC1CCCCC1. The first-order chi connectivity index (χ1) is 20.2. The largest absolute Gasteiger partial charge is 0.389 e. The van der Waals surface area contributed by atoms with Gasteiger partial charge in [-0.05, 0) is 70.2 Å². The molecule has 0 unspecified atom stereocenters. The Bertz CT molecular complexity index is 1200. The first-order valence-corrected chi connectivity index (χ1v) is 15.5. The molecule has 1 heterocycles. The summed E-state index contributed by atoms with van der Waals surface area (Å²) in [7, 11) is 0. The van der Waals surface area contributed by atoms with E-state index in [4.69, 9.17) is 0 Å². The summed E-state index contributed by atoms with van der Waals surface area (Å²) in [5.74, 6) is -0.295. The van der Waals surface area contributed by atoms with Gasteiger partial charge in [0.2, 0.25) is 5.91 Å². The molecule has 4 amide bonds.